The maximum absolute atomic E-state index is 11.4. The van der Waals surface area contributed by atoms with E-state index in [1.54, 1.807) is 0 Å². The minimum absolute atomic E-state index is 0.00629. The van der Waals surface area contributed by atoms with E-state index in [1.165, 1.54) is 11.3 Å². The van der Waals surface area contributed by atoms with E-state index in [4.69, 9.17) is 9.84 Å². The monoisotopic (exact) mass is 244 g/mol. The third kappa shape index (κ3) is 5.20. The molecule has 0 unspecified atom stereocenters. The van der Waals surface area contributed by atoms with Crippen LogP contribution in [0.4, 0.5) is 0 Å². The molecule has 0 fully saturated rings. The van der Waals surface area contributed by atoms with E-state index >= 15 is 0 Å². The Kier molecular flexibility index (Phi) is 5.99. The molecule has 1 amide bonds. The Bertz CT molecular complexity index is 328. The number of rotatable bonds is 7. The Labute approximate surface area is 98.5 Å². The fourth-order valence-electron chi connectivity index (χ4n) is 1.11. The summed E-state index contributed by atoms with van der Waals surface area (Å²) in [5, 5.41) is 13.9. The molecular weight excluding hydrogens is 228 g/mol. The van der Waals surface area contributed by atoms with Crippen molar-refractivity contribution in [3.8, 4) is 0 Å². The van der Waals surface area contributed by atoms with Gasteiger partial charge in [-0.2, -0.15) is 0 Å². The zero-order valence-electron chi connectivity index (χ0n) is 9.23. The molecule has 6 heteroatoms. The number of aryl methyl sites for hydroxylation is 1. The molecule has 5 nitrogen and oxygen atoms in total. The number of aromatic nitrogens is 1. The Morgan fingerprint density at radius 3 is 3.06 bits per heavy atom. The molecule has 0 saturated carbocycles. The molecule has 16 heavy (non-hydrogen) atoms. The summed E-state index contributed by atoms with van der Waals surface area (Å²) >= 11 is 1.49. The van der Waals surface area contributed by atoms with Crippen LogP contribution in [0.5, 0.6) is 0 Å². The van der Waals surface area contributed by atoms with Gasteiger partial charge in [0.05, 0.1) is 26.2 Å². The molecule has 2 N–H and O–H groups in total. The first-order valence-electron chi connectivity index (χ1n) is 5.08. The van der Waals surface area contributed by atoms with Gasteiger partial charge in [0.2, 0.25) is 5.91 Å². The van der Waals surface area contributed by atoms with Crippen LogP contribution < -0.4 is 5.32 Å². The van der Waals surface area contributed by atoms with Crippen molar-refractivity contribution in [2.24, 2.45) is 0 Å². The highest BCUT2D eigenvalue weighted by Gasteiger charge is 2.05. The van der Waals surface area contributed by atoms with E-state index in [2.05, 4.69) is 10.3 Å². The van der Waals surface area contributed by atoms with Crippen LogP contribution in [0, 0.1) is 6.92 Å². The smallest absolute Gasteiger partial charge is 0.226 e. The number of thiazole rings is 1. The highest BCUT2D eigenvalue weighted by molar-refractivity contribution is 7.09. The largest absolute Gasteiger partial charge is 0.394 e. The lowest BCUT2D eigenvalue weighted by Gasteiger charge is -2.04. The molecule has 0 bridgehead atoms. The third-order valence-corrected chi connectivity index (χ3v) is 2.75. The average molecular weight is 244 g/mol. The van der Waals surface area contributed by atoms with E-state index in [-0.39, 0.29) is 12.5 Å². The number of nitrogens with zero attached hydrogens (tertiary/aromatic N) is 1. The summed E-state index contributed by atoms with van der Waals surface area (Å²) in [6.07, 6.45) is 0.318. The predicted molar refractivity (Wildman–Crippen MR) is 61.5 cm³/mol. The molecule has 90 valence electrons. The van der Waals surface area contributed by atoms with E-state index in [0.717, 1.165) is 10.7 Å². The van der Waals surface area contributed by atoms with Gasteiger partial charge in [-0.1, -0.05) is 0 Å². The highest BCUT2D eigenvalue weighted by atomic mass is 32.1. The molecule has 1 rings (SSSR count). The van der Waals surface area contributed by atoms with Gasteiger partial charge in [-0.25, -0.2) is 4.98 Å². The average Bonchev–Trinajstić information content (AvgIpc) is 2.63. The zero-order chi connectivity index (χ0) is 11.8. The van der Waals surface area contributed by atoms with Crippen molar-refractivity contribution >= 4 is 17.2 Å². The van der Waals surface area contributed by atoms with Crippen LogP contribution in [0.25, 0.3) is 0 Å². The van der Waals surface area contributed by atoms with Crippen LogP contribution in [0.1, 0.15) is 10.7 Å². The number of carbonyl (C=O) groups excluding carboxylic acids is 1. The van der Waals surface area contributed by atoms with E-state index < -0.39 is 0 Å². The lowest BCUT2D eigenvalue weighted by atomic mass is 10.4. The second kappa shape index (κ2) is 7.32. The topological polar surface area (TPSA) is 71.5 Å². The van der Waals surface area contributed by atoms with Crippen molar-refractivity contribution in [2.45, 2.75) is 13.3 Å². The molecule has 0 aliphatic carbocycles. The minimum atomic E-state index is -0.0538. The zero-order valence-corrected chi connectivity index (χ0v) is 10.0. The molecule has 1 heterocycles. The first-order valence-corrected chi connectivity index (χ1v) is 5.96. The molecule has 1 aromatic heterocycles. The van der Waals surface area contributed by atoms with Crippen molar-refractivity contribution < 1.29 is 14.6 Å². The molecule has 0 atom stereocenters. The van der Waals surface area contributed by atoms with Gasteiger partial charge in [0.1, 0.15) is 5.01 Å². The first kappa shape index (κ1) is 13.1. The predicted octanol–water partition coefficient (Wildman–Crippen LogP) is 0.119. The molecule has 0 radical (unpaired) electrons. The maximum atomic E-state index is 11.4. The molecule has 0 aliphatic heterocycles. The summed E-state index contributed by atoms with van der Waals surface area (Å²) in [7, 11) is 0. The summed E-state index contributed by atoms with van der Waals surface area (Å²) in [6.45, 7) is 3.10. The quantitative estimate of drug-likeness (QED) is 0.668. The highest BCUT2D eigenvalue weighted by Crippen LogP contribution is 2.08. The van der Waals surface area contributed by atoms with Gasteiger partial charge in [0.25, 0.3) is 0 Å². The molecular formula is C10H16N2O3S. The fraction of sp³-hybridized carbons (Fsp3) is 0.600. The van der Waals surface area contributed by atoms with Crippen LogP contribution in [0.2, 0.25) is 0 Å². The first-order chi connectivity index (χ1) is 7.72. The summed E-state index contributed by atoms with van der Waals surface area (Å²) < 4.78 is 5.01. The standard InChI is InChI=1S/C10H16N2O3S/c1-8-7-16-10(12-8)6-9(14)11-2-4-15-5-3-13/h7,13H,2-6H2,1H3,(H,11,14). The SMILES string of the molecule is Cc1csc(CC(=O)NCCOCCO)n1. The molecule has 0 spiro atoms. The number of nitrogens with one attached hydrogen (secondary N) is 1. The number of ether oxygens (including phenoxy) is 1. The van der Waals surface area contributed by atoms with Gasteiger partial charge in [-0.3, -0.25) is 4.79 Å². The van der Waals surface area contributed by atoms with Crippen molar-refractivity contribution in [1.82, 2.24) is 10.3 Å². The van der Waals surface area contributed by atoms with Gasteiger partial charge >= 0.3 is 0 Å². The van der Waals surface area contributed by atoms with Crippen molar-refractivity contribution in [3.63, 3.8) is 0 Å². The Morgan fingerprint density at radius 2 is 2.44 bits per heavy atom. The Balaban J connectivity index is 2.11. The van der Waals surface area contributed by atoms with Gasteiger partial charge in [-0.05, 0) is 6.92 Å². The van der Waals surface area contributed by atoms with Gasteiger partial charge < -0.3 is 15.2 Å². The van der Waals surface area contributed by atoms with Crippen molar-refractivity contribution in [3.05, 3.63) is 16.1 Å². The Morgan fingerprint density at radius 1 is 1.62 bits per heavy atom. The van der Waals surface area contributed by atoms with Crippen LogP contribution >= 0.6 is 11.3 Å². The Hall–Kier alpha value is -0.980. The maximum Gasteiger partial charge on any atom is 0.226 e. The fourth-order valence-corrected chi connectivity index (χ4v) is 1.88. The van der Waals surface area contributed by atoms with E-state index in [9.17, 15) is 4.79 Å². The van der Waals surface area contributed by atoms with Crippen molar-refractivity contribution in [2.75, 3.05) is 26.4 Å². The van der Waals surface area contributed by atoms with Crippen LogP contribution in [0.3, 0.4) is 0 Å². The summed E-state index contributed by atoms with van der Waals surface area (Å²) in [5.41, 5.74) is 0.944. The van der Waals surface area contributed by atoms with Crippen LogP contribution in [0.15, 0.2) is 5.38 Å². The summed E-state index contributed by atoms with van der Waals surface area (Å²) in [4.78, 5) is 15.6. The second-order valence-electron chi connectivity index (χ2n) is 3.25. The molecule has 0 saturated heterocycles. The number of hydrogen-bond acceptors (Lipinski definition) is 5. The van der Waals surface area contributed by atoms with Crippen molar-refractivity contribution in [1.29, 1.82) is 0 Å². The molecule has 0 aromatic carbocycles. The van der Waals surface area contributed by atoms with E-state index in [0.29, 0.717) is 26.2 Å². The number of aliphatic hydroxyl groups is 1. The normalized spacial score (nSPS) is 10.4. The summed E-state index contributed by atoms with van der Waals surface area (Å²) in [5.74, 6) is -0.0538. The van der Waals surface area contributed by atoms with Gasteiger partial charge in [0, 0.05) is 17.6 Å². The lowest BCUT2D eigenvalue weighted by molar-refractivity contribution is -0.120. The molecule has 1 aromatic rings. The number of hydrogen-bond donors (Lipinski definition) is 2. The van der Waals surface area contributed by atoms with E-state index in [1.807, 2.05) is 12.3 Å². The summed E-state index contributed by atoms with van der Waals surface area (Å²) in [6, 6.07) is 0. The number of carbonyl (C=O) groups is 1. The molecule has 0 aliphatic rings. The van der Waals surface area contributed by atoms with Crippen LogP contribution in [-0.2, 0) is 16.0 Å². The number of aliphatic hydroxyl groups excluding tert-OH is 1. The van der Waals surface area contributed by atoms with Gasteiger partial charge in [-0.15, -0.1) is 11.3 Å². The van der Waals surface area contributed by atoms with Gasteiger partial charge in [0.15, 0.2) is 0 Å². The second-order valence-corrected chi connectivity index (χ2v) is 4.19. The number of amides is 1. The third-order valence-electron chi connectivity index (χ3n) is 1.78. The van der Waals surface area contributed by atoms with Crippen LogP contribution in [-0.4, -0.2) is 42.4 Å². The minimum Gasteiger partial charge on any atom is -0.394 e. The lowest BCUT2D eigenvalue weighted by Crippen LogP contribution is -2.28.